The van der Waals surface area contributed by atoms with Crippen LogP contribution in [0.2, 0.25) is 5.02 Å². The van der Waals surface area contributed by atoms with Crippen molar-refractivity contribution in [1.29, 1.82) is 0 Å². The molecule has 1 aliphatic heterocycles. The Bertz CT molecular complexity index is 1280. The van der Waals surface area contributed by atoms with E-state index in [0.29, 0.717) is 5.02 Å². The molecule has 170 valence electrons. The molecular formula is C25H26ClN5OS. The first-order chi connectivity index (χ1) is 16.2. The fraction of sp³-hybridized carbons (Fsp3) is 0.360. The first kappa shape index (κ1) is 21.1. The van der Waals surface area contributed by atoms with Gasteiger partial charge in [-0.3, -0.25) is 0 Å². The van der Waals surface area contributed by atoms with Crippen LogP contribution in [0.4, 0.5) is 5.69 Å². The third-order valence-electron chi connectivity index (χ3n) is 6.97. The molecule has 3 aromatic heterocycles. The van der Waals surface area contributed by atoms with E-state index >= 15 is 0 Å². The highest BCUT2D eigenvalue weighted by Crippen LogP contribution is 2.48. The average molecular weight is 480 g/mol. The molecule has 6 rings (SSSR count). The number of hydrogen-bond donors (Lipinski definition) is 2. The average Bonchev–Trinajstić information content (AvgIpc) is 3.47. The van der Waals surface area contributed by atoms with E-state index in [0.717, 1.165) is 76.8 Å². The molecule has 2 N–H and O–H groups in total. The molecule has 4 aromatic rings. The minimum Gasteiger partial charge on any atom is -0.371 e. The van der Waals surface area contributed by atoms with Crippen molar-refractivity contribution in [2.45, 2.75) is 24.9 Å². The minimum absolute atomic E-state index is 0.225. The molecule has 0 bridgehead atoms. The number of methoxy groups -OCH3 is 1. The number of benzene rings is 1. The van der Waals surface area contributed by atoms with Crippen LogP contribution in [0.5, 0.6) is 0 Å². The Hall–Kier alpha value is -2.45. The van der Waals surface area contributed by atoms with Gasteiger partial charge in [0.2, 0.25) is 0 Å². The number of piperazine rings is 1. The van der Waals surface area contributed by atoms with Gasteiger partial charge in [-0.15, -0.1) is 11.3 Å². The smallest absolute Gasteiger partial charge is 0.138 e. The number of aromatic nitrogens is 3. The zero-order valence-corrected chi connectivity index (χ0v) is 20.1. The lowest BCUT2D eigenvalue weighted by Gasteiger charge is -2.38. The van der Waals surface area contributed by atoms with E-state index in [1.54, 1.807) is 24.6 Å². The van der Waals surface area contributed by atoms with Gasteiger partial charge in [-0.25, -0.2) is 9.97 Å². The Kier molecular flexibility index (Phi) is 5.37. The summed E-state index contributed by atoms with van der Waals surface area (Å²) in [5, 5.41) is 6.09. The number of nitrogens with one attached hydrogen (secondary N) is 2. The Labute approximate surface area is 202 Å². The van der Waals surface area contributed by atoms with Gasteiger partial charge in [-0.2, -0.15) is 0 Å². The molecule has 0 spiro atoms. The van der Waals surface area contributed by atoms with Crippen molar-refractivity contribution in [2.75, 3.05) is 38.2 Å². The number of fused-ring (bicyclic) bond motifs is 1. The van der Waals surface area contributed by atoms with Crippen molar-refractivity contribution in [3.63, 3.8) is 0 Å². The molecule has 2 aliphatic rings. The van der Waals surface area contributed by atoms with E-state index in [1.165, 1.54) is 12.1 Å². The summed E-state index contributed by atoms with van der Waals surface area (Å²) in [4.78, 5) is 16.2. The van der Waals surface area contributed by atoms with Gasteiger partial charge < -0.3 is 19.9 Å². The highest BCUT2D eigenvalue weighted by molar-refractivity contribution is 7.15. The molecule has 1 saturated carbocycles. The van der Waals surface area contributed by atoms with Crippen molar-refractivity contribution >= 4 is 39.7 Å². The summed E-state index contributed by atoms with van der Waals surface area (Å²) in [5.74, 6) is 0. The van der Waals surface area contributed by atoms with Gasteiger partial charge in [-0.05, 0) is 43.0 Å². The first-order valence-corrected chi connectivity index (χ1v) is 12.6. The van der Waals surface area contributed by atoms with Gasteiger partial charge in [0.15, 0.2) is 0 Å². The summed E-state index contributed by atoms with van der Waals surface area (Å²) in [6, 6.07) is 10.9. The zero-order chi connectivity index (χ0) is 22.4. The summed E-state index contributed by atoms with van der Waals surface area (Å²) < 4.78 is 5.83. The van der Waals surface area contributed by atoms with Gasteiger partial charge in [-0.1, -0.05) is 23.7 Å². The number of hydrogen-bond acceptors (Lipinski definition) is 6. The van der Waals surface area contributed by atoms with Crippen molar-refractivity contribution in [2.24, 2.45) is 0 Å². The quantitative estimate of drug-likeness (QED) is 0.399. The molecule has 1 saturated heterocycles. The monoisotopic (exact) mass is 479 g/mol. The molecule has 8 heteroatoms. The molecule has 0 atom stereocenters. The summed E-state index contributed by atoms with van der Waals surface area (Å²) in [6.45, 7) is 4.14. The van der Waals surface area contributed by atoms with E-state index in [-0.39, 0.29) is 5.60 Å². The van der Waals surface area contributed by atoms with Crippen LogP contribution in [0.3, 0.4) is 0 Å². The van der Waals surface area contributed by atoms with Crippen molar-refractivity contribution in [3.8, 4) is 21.7 Å². The fourth-order valence-corrected chi connectivity index (χ4v) is 6.36. The maximum atomic E-state index is 6.67. The molecule has 0 unspecified atom stereocenters. The zero-order valence-electron chi connectivity index (χ0n) is 18.5. The topological polar surface area (TPSA) is 66.1 Å². The Morgan fingerprint density at radius 1 is 1.09 bits per heavy atom. The molecular weight excluding hydrogens is 454 g/mol. The van der Waals surface area contributed by atoms with Crippen LogP contribution in [0.25, 0.3) is 32.7 Å². The molecule has 1 aliphatic carbocycles. The summed E-state index contributed by atoms with van der Waals surface area (Å²) in [7, 11) is 1.78. The maximum Gasteiger partial charge on any atom is 0.138 e. The number of halogens is 1. The van der Waals surface area contributed by atoms with Gasteiger partial charge in [0.05, 0.1) is 9.90 Å². The molecule has 6 nitrogen and oxygen atoms in total. The highest BCUT2D eigenvalue weighted by Gasteiger charge is 2.41. The predicted octanol–water partition coefficient (Wildman–Crippen LogP) is 5.44. The van der Waals surface area contributed by atoms with E-state index in [4.69, 9.17) is 21.3 Å². The third kappa shape index (κ3) is 3.64. The van der Waals surface area contributed by atoms with Crippen molar-refractivity contribution in [3.05, 3.63) is 52.8 Å². The predicted molar refractivity (Wildman–Crippen MR) is 135 cm³/mol. The second kappa shape index (κ2) is 8.40. The van der Waals surface area contributed by atoms with Crippen LogP contribution in [0.15, 0.2) is 42.7 Å². The standard InChI is InChI=1S/C25H26ClN5OS/c1-32-25(7-2-8-25)24-29-15-21(33-24)22-18-13-20(30-23(18)28-14-19(22)26)16-3-5-17(6-4-16)31-11-9-27-10-12-31/h3-6,13-15,27H,2,7-12H2,1H3,(H,28,30). The van der Waals surface area contributed by atoms with Gasteiger partial charge in [0, 0.05) is 68.0 Å². The van der Waals surface area contributed by atoms with Gasteiger partial charge in [0.1, 0.15) is 16.3 Å². The van der Waals surface area contributed by atoms with Gasteiger partial charge >= 0.3 is 0 Å². The van der Waals surface area contributed by atoms with Crippen molar-refractivity contribution in [1.82, 2.24) is 20.3 Å². The highest BCUT2D eigenvalue weighted by atomic mass is 35.5. The number of ether oxygens (including phenoxy) is 1. The van der Waals surface area contributed by atoms with Crippen LogP contribution >= 0.6 is 22.9 Å². The number of aromatic amines is 1. The molecule has 2 fully saturated rings. The van der Waals surface area contributed by atoms with E-state index in [1.807, 2.05) is 6.20 Å². The Morgan fingerprint density at radius 2 is 1.88 bits per heavy atom. The van der Waals surface area contributed by atoms with Crippen LogP contribution < -0.4 is 10.2 Å². The maximum absolute atomic E-state index is 6.67. The molecule has 0 amide bonds. The Morgan fingerprint density at radius 3 is 2.58 bits per heavy atom. The number of pyridine rings is 1. The first-order valence-electron chi connectivity index (χ1n) is 11.4. The molecule has 33 heavy (non-hydrogen) atoms. The van der Waals surface area contributed by atoms with Crippen LogP contribution in [-0.2, 0) is 10.3 Å². The summed E-state index contributed by atoms with van der Waals surface area (Å²) in [6.07, 6.45) is 6.87. The van der Waals surface area contributed by atoms with Crippen molar-refractivity contribution < 1.29 is 4.74 Å². The van der Waals surface area contributed by atoms with Crippen LogP contribution in [0.1, 0.15) is 24.3 Å². The number of thiazole rings is 1. The van der Waals surface area contributed by atoms with E-state index < -0.39 is 0 Å². The second-order valence-electron chi connectivity index (χ2n) is 8.79. The summed E-state index contributed by atoms with van der Waals surface area (Å²) >= 11 is 8.34. The Balaban J connectivity index is 1.35. The second-order valence-corrected chi connectivity index (χ2v) is 10.2. The van der Waals surface area contributed by atoms with Crippen LogP contribution in [0, 0.1) is 0 Å². The molecule has 1 aromatic carbocycles. The number of nitrogens with zero attached hydrogens (tertiary/aromatic N) is 3. The fourth-order valence-electron chi connectivity index (χ4n) is 4.83. The normalized spacial score (nSPS) is 17.9. The minimum atomic E-state index is -0.225. The van der Waals surface area contributed by atoms with Gasteiger partial charge in [0.25, 0.3) is 0 Å². The van der Waals surface area contributed by atoms with E-state index in [9.17, 15) is 0 Å². The lowest BCUT2D eigenvalue weighted by atomic mass is 9.80. The van der Waals surface area contributed by atoms with Crippen LogP contribution in [-0.4, -0.2) is 48.2 Å². The molecule has 0 radical (unpaired) electrons. The SMILES string of the molecule is COC1(c2ncc(-c3c(Cl)cnc4[nH]c(-c5ccc(N6CCNCC6)cc5)cc34)s2)CCC1. The number of anilines is 1. The number of rotatable bonds is 5. The molecule has 4 heterocycles. The lowest BCUT2D eigenvalue weighted by molar-refractivity contribution is -0.0779. The summed E-state index contributed by atoms with van der Waals surface area (Å²) in [5.41, 5.74) is 5.01. The largest absolute Gasteiger partial charge is 0.371 e. The number of H-pyrrole nitrogens is 1. The van der Waals surface area contributed by atoms with E-state index in [2.05, 4.69) is 50.5 Å². The lowest BCUT2D eigenvalue weighted by Crippen LogP contribution is -2.43. The third-order valence-corrected chi connectivity index (χ3v) is 8.45.